The van der Waals surface area contributed by atoms with E-state index in [1.165, 1.54) is 19.3 Å². The van der Waals surface area contributed by atoms with Crippen LogP contribution >= 0.6 is 0 Å². The lowest BCUT2D eigenvalue weighted by Crippen LogP contribution is -2.17. The average Bonchev–Trinajstić information content (AvgIpc) is 2.05. The minimum absolute atomic E-state index is 0.777. The predicted molar refractivity (Wildman–Crippen MR) is 45.5 cm³/mol. The van der Waals surface area contributed by atoms with Crippen LogP contribution in [0.3, 0.4) is 0 Å². The van der Waals surface area contributed by atoms with E-state index in [1.54, 1.807) is 0 Å². The fourth-order valence-electron chi connectivity index (χ4n) is 1.49. The Morgan fingerprint density at radius 1 is 1.40 bits per heavy atom. The zero-order chi connectivity index (χ0) is 7.40. The minimum Gasteiger partial charge on any atom is -0.297 e. The summed E-state index contributed by atoms with van der Waals surface area (Å²) in [5.41, 5.74) is 0. The highest BCUT2D eigenvalue weighted by molar-refractivity contribution is 5.61. The van der Waals surface area contributed by atoms with Crippen LogP contribution in [-0.2, 0) is 0 Å². The van der Waals surface area contributed by atoms with E-state index in [0.717, 1.165) is 18.4 Å². The van der Waals surface area contributed by atoms with Crippen LogP contribution in [0.2, 0.25) is 0 Å². The van der Waals surface area contributed by atoms with Crippen molar-refractivity contribution in [1.82, 2.24) is 0 Å². The van der Waals surface area contributed by atoms with Gasteiger partial charge in [0.1, 0.15) is 0 Å². The maximum atomic E-state index is 4.36. The van der Waals surface area contributed by atoms with Crippen LogP contribution in [-0.4, -0.2) is 12.8 Å². The van der Waals surface area contributed by atoms with E-state index in [9.17, 15) is 0 Å². The Morgan fingerprint density at radius 2 is 2.20 bits per heavy atom. The number of nitrogens with zero attached hydrogens (tertiary/aromatic N) is 1. The molecule has 1 nitrogen and oxygen atoms in total. The van der Waals surface area contributed by atoms with E-state index >= 15 is 0 Å². The molecule has 0 saturated carbocycles. The topological polar surface area (TPSA) is 12.4 Å². The summed E-state index contributed by atoms with van der Waals surface area (Å²) in [6.07, 6.45) is 6.08. The quantitative estimate of drug-likeness (QED) is 0.557. The Hall–Kier alpha value is -0.330. The van der Waals surface area contributed by atoms with Crippen LogP contribution in [0.5, 0.6) is 0 Å². The molecule has 0 aliphatic carbocycles. The molecular formula is C9H17N. The van der Waals surface area contributed by atoms with Gasteiger partial charge in [0.05, 0.1) is 0 Å². The van der Waals surface area contributed by atoms with Crippen LogP contribution in [0.15, 0.2) is 4.99 Å². The molecule has 0 aromatic carbocycles. The number of hydrogen-bond acceptors (Lipinski definition) is 1. The summed E-state index contributed by atoms with van der Waals surface area (Å²) in [7, 11) is 0. The Morgan fingerprint density at radius 3 is 2.80 bits per heavy atom. The zero-order valence-electron chi connectivity index (χ0n) is 7.01. The maximum Gasteiger partial charge on any atom is 0.0413 e. The molecule has 0 fully saturated rings. The van der Waals surface area contributed by atoms with Gasteiger partial charge in [-0.1, -0.05) is 20.3 Å². The highest BCUT2D eigenvalue weighted by Gasteiger charge is 2.15. The molecule has 0 amide bonds. The Kier molecular flexibility index (Phi) is 2.91. The van der Waals surface area contributed by atoms with Gasteiger partial charge in [0.15, 0.2) is 0 Å². The Balaban J connectivity index is 2.38. The molecule has 0 aromatic heterocycles. The fourth-order valence-corrected chi connectivity index (χ4v) is 1.49. The second-order valence-corrected chi connectivity index (χ2v) is 3.19. The van der Waals surface area contributed by atoms with E-state index in [4.69, 9.17) is 0 Å². The van der Waals surface area contributed by atoms with Crippen molar-refractivity contribution in [3.63, 3.8) is 0 Å². The van der Waals surface area contributed by atoms with Gasteiger partial charge in [-0.2, -0.15) is 0 Å². The summed E-state index contributed by atoms with van der Waals surface area (Å²) in [4.78, 5) is 4.36. The lowest BCUT2D eigenvalue weighted by atomic mass is 9.89. The van der Waals surface area contributed by atoms with Crippen molar-refractivity contribution >= 4 is 6.21 Å². The van der Waals surface area contributed by atoms with Gasteiger partial charge in [0.2, 0.25) is 0 Å². The molecular weight excluding hydrogens is 122 g/mol. The normalized spacial score (nSPS) is 32.6. The molecule has 1 heteroatoms. The van der Waals surface area contributed by atoms with Crippen molar-refractivity contribution < 1.29 is 0 Å². The molecule has 10 heavy (non-hydrogen) atoms. The zero-order valence-corrected chi connectivity index (χ0v) is 7.01. The van der Waals surface area contributed by atoms with Crippen molar-refractivity contribution in [3.8, 4) is 0 Å². The first kappa shape index (κ1) is 7.77. The SMILES string of the molecule is CCC1C=NCC(CC)C1. The van der Waals surface area contributed by atoms with Gasteiger partial charge in [-0.3, -0.25) is 4.99 Å². The predicted octanol–water partition coefficient (Wildman–Crippen LogP) is 2.51. The molecule has 58 valence electrons. The van der Waals surface area contributed by atoms with Gasteiger partial charge in [-0.15, -0.1) is 0 Å². The van der Waals surface area contributed by atoms with Gasteiger partial charge < -0.3 is 0 Å². The van der Waals surface area contributed by atoms with Gasteiger partial charge in [0.25, 0.3) is 0 Å². The van der Waals surface area contributed by atoms with Gasteiger partial charge in [-0.05, 0) is 24.7 Å². The summed E-state index contributed by atoms with van der Waals surface area (Å²) in [6.45, 7) is 5.58. The lowest BCUT2D eigenvalue weighted by molar-refractivity contribution is 0.406. The highest BCUT2D eigenvalue weighted by Crippen LogP contribution is 2.20. The smallest absolute Gasteiger partial charge is 0.0413 e. The van der Waals surface area contributed by atoms with E-state index in [1.807, 2.05) is 0 Å². The second-order valence-electron chi connectivity index (χ2n) is 3.19. The molecule has 0 bridgehead atoms. The maximum absolute atomic E-state index is 4.36. The van der Waals surface area contributed by atoms with E-state index in [2.05, 4.69) is 25.1 Å². The summed E-state index contributed by atoms with van der Waals surface area (Å²) in [6, 6.07) is 0. The third-order valence-electron chi connectivity index (χ3n) is 2.42. The first-order valence-corrected chi connectivity index (χ1v) is 4.36. The fraction of sp³-hybridized carbons (Fsp3) is 0.889. The molecule has 0 radical (unpaired) electrons. The first-order valence-electron chi connectivity index (χ1n) is 4.36. The molecule has 1 aliphatic heterocycles. The third-order valence-corrected chi connectivity index (χ3v) is 2.42. The molecule has 0 N–H and O–H groups in total. The van der Waals surface area contributed by atoms with Crippen LogP contribution in [0, 0.1) is 11.8 Å². The van der Waals surface area contributed by atoms with E-state index in [-0.39, 0.29) is 0 Å². The van der Waals surface area contributed by atoms with Crippen molar-refractivity contribution in [1.29, 1.82) is 0 Å². The Bertz CT molecular complexity index is 118. The summed E-state index contributed by atoms with van der Waals surface area (Å²) in [5, 5.41) is 0. The van der Waals surface area contributed by atoms with Crippen molar-refractivity contribution in [2.45, 2.75) is 33.1 Å². The molecule has 1 rings (SSSR count). The standard InChI is InChI=1S/C9H17N/c1-3-8-5-9(4-2)7-10-6-8/h6,8-9H,3-5,7H2,1-2H3. The molecule has 0 aromatic rings. The van der Waals surface area contributed by atoms with Gasteiger partial charge in [0, 0.05) is 12.8 Å². The van der Waals surface area contributed by atoms with Crippen LogP contribution in [0.4, 0.5) is 0 Å². The van der Waals surface area contributed by atoms with Crippen molar-refractivity contribution in [3.05, 3.63) is 0 Å². The molecule has 2 atom stereocenters. The van der Waals surface area contributed by atoms with Crippen LogP contribution < -0.4 is 0 Å². The summed E-state index contributed by atoms with van der Waals surface area (Å²) < 4.78 is 0. The van der Waals surface area contributed by atoms with E-state index in [0.29, 0.717) is 0 Å². The van der Waals surface area contributed by atoms with Crippen LogP contribution in [0.1, 0.15) is 33.1 Å². The minimum atomic E-state index is 0.777. The monoisotopic (exact) mass is 139 g/mol. The molecule has 1 heterocycles. The number of hydrogen-bond donors (Lipinski definition) is 0. The highest BCUT2D eigenvalue weighted by atomic mass is 14.7. The van der Waals surface area contributed by atoms with Crippen molar-refractivity contribution in [2.24, 2.45) is 16.8 Å². The first-order chi connectivity index (χ1) is 4.86. The average molecular weight is 139 g/mol. The summed E-state index contributed by atoms with van der Waals surface area (Å²) in [5.74, 6) is 1.65. The van der Waals surface area contributed by atoms with Crippen LogP contribution in [0.25, 0.3) is 0 Å². The molecule has 0 saturated heterocycles. The second kappa shape index (κ2) is 3.75. The largest absolute Gasteiger partial charge is 0.297 e. The Labute approximate surface area is 63.5 Å². The molecule has 0 spiro atoms. The van der Waals surface area contributed by atoms with E-state index < -0.39 is 0 Å². The summed E-state index contributed by atoms with van der Waals surface area (Å²) >= 11 is 0. The lowest BCUT2D eigenvalue weighted by Gasteiger charge is -2.21. The number of aliphatic imine (C=N–C) groups is 1. The van der Waals surface area contributed by atoms with Gasteiger partial charge in [-0.25, -0.2) is 0 Å². The third kappa shape index (κ3) is 1.83. The van der Waals surface area contributed by atoms with Crippen molar-refractivity contribution in [2.75, 3.05) is 6.54 Å². The number of rotatable bonds is 2. The molecule has 1 aliphatic rings. The molecule has 2 unspecified atom stereocenters. The van der Waals surface area contributed by atoms with Gasteiger partial charge >= 0.3 is 0 Å².